The highest BCUT2D eigenvalue weighted by Crippen LogP contribution is 2.50. The van der Waals surface area contributed by atoms with E-state index in [0.29, 0.717) is 23.9 Å². The first kappa shape index (κ1) is 8.65. The second-order valence-electron chi connectivity index (χ2n) is 4.10. The third kappa shape index (κ3) is 1.16. The van der Waals surface area contributed by atoms with Crippen molar-refractivity contribution in [2.75, 3.05) is 6.54 Å². The van der Waals surface area contributed by atoms with Crippen molar-refractivity contribution in [1.82, 2.24) is 10.3 Å². The molecule has 1 aromatic heterocycles. The summed E-state index contributed by atoms with van der Waals surface area (Å²) < 4.78 is 0. The van der Waals surface area contributed by atoms with Gasteiger partial charge in [0.25, 0.3) is 0 Å². The summed E-state index contributed by atoms with van der Waals surface area (Å²) >= 11 is 5.92. The van der Waals surface area contributed by atoms with E-state index in [-0.39, 0.29) is 0 Å². The highest BCUT2D eigenvalue weighted by atomic mass is 35.5. The van der Waals surface area contributed by atoms with Gasteiger partial charge in [0.05, 0.1) is 11.7 Å². The Balaban J connectivity index is 1.89. The number of halogens is 1. The molecule has 4 unspecified atom stereocenters. The maximum atomic E-state index is 5.94. The predicted octanol–water partition coefficient (Wildman–Crippen LogP) is 0.953. The molecule has 4 atom stereocenters. The van der Waals surface area contributed by atoms with E-state index in [1.54, 1.807) is 12.3 Å². The van der Waals surface area contributed by atoms with E-state index in [1.165, 1.54) is 0 Å². The monoisotopic (exact) mass is 209 g/mol. The van der Waals surface area contributed by atoms with Crippen LogP contribution in [0.15, 0.2) is 18.3 Å². The van der Waals surface area contributed by atoms with Crippen molar-refractivity contribution < 1.29 is 0 Å². The van der Waals surface area contributed by atoms with Crippen LogP contribution in [0.5, 0.6) is 0 Å². The van der Waals surface area contributed by atoms with Gasteiger partial charge in [-0.15, -0.1) is 0 Å². The lowest BCUT2D eigenvalue weighted by atomic mass is 10.1. The summed E-state index contributed by atoms with van der Waals surface area (Å²) in [5.74, 6) is 1.22. The van der Waals surface area contributed by atoms with Gasteiger partial charge in [0.2, 0.25) is 0 Å². The Morgan fingerprint density at radius 2 is 2.43 bits per heavy atom. The van der Waals surface area contributed by atoms with Crippen LogP contribution in [0.4, 0.5) is 0 Å². The van der Waals surface area contributed by atoms with Gasteiger partial charge in [0.1, 0.15) is 0 Å². The zero-order valence-corrected chi connectivity index (χ0v) is 8.41. The number of nitrogens with one attached hydrogen (secondary N) is 1. The summed E-state index contributed by atoms with van der Waals surface area (Å²) in [6.45, 7) is 1.02. The third-order valence-electron chi connectivity index (χ3n) is 3.31. The van der Waals surface area contributed by atoms with E-state index in [1.807, 2.05) is 6.07 Å². The minimum atomic E-state index is 0.314. The van der Waals surface area contributed by atoms with Crippen molar-refractivity contribution in [1.29, 1.82) is 0 Å². The molecule has 4 heteroatoms. The lowest BCUT2D eigenvalue weighted by Crippen LogP contribution is -2.26. The van der Waals surface area contributed by atoms with Crippen LogP contribution < -0.4 is 11.1 Å². The molecule has 3 nitrogen and oxygen atoms in total. The average Bonchev–Trinajstić information content (AvgIpc) is 2.64. The fourth-order valence-electron chi connectivity index (χ4n) is 2.46. The zero-order valence-electron chi connectivity index (χ0n) is 7.65. The van der Waals surface area contributed by atoms with Gasteiger partial charge >= 0.3 is 0 Å². The molecule has 74 valence electrons. The number of hydrogen-bond donors (Lipinski definition) is 2. The summed E-state index contributed by atoms with van der Waals surface area (Å²) in [4.78, 5) is 4.33. The number of piperidine rings is 1. The van der Waals surface area contributed by atoms with E-state index in [4.69, 9.17) is 17.3 Å². The number of hydrogen-bond acceptors (Lipinski definition) is 3. The van der Waals surface area contributed by atoms with Crippen LogP contribution in [0.3, 0.4) is 0 Å². The second kappa shape index (κ2) is 2.92. The van der Waals surface area contributed by atoms with Crippen LogP contribution in [-0.4, -0.2) is 17.6 Å². The minimum absolute atomic E-state index is 0.314. The molecule has 3 rings (SSSR count). The predicted molar refractivity (Wildman–Crippen MR) is 54.9 cm³/mol. The second-order valence-corrected chi connectivity index (χ2v) is 4.54. The molecule has 1 saturated heterocycles. The standard InChI is InChI=1S/C10H12ClN3/c11-5-1-2-13-7(3-5)10-8-6(4-14-10)9(8)12/h1-3,6,8-10,14H,4,12H2. The highest BCUT2D eigenvalue weighted by molar-refractivity contribution is 6.30. The summed E-state index contributed by atoms with van der Waals surface area (Å²) in [6.07, 6.45) is 1.75. The molecular weight excluding hydrogens is 198 g/mol. The van der Waals surface area contributed by atoms with E-state index in [9.17, 15) is 0 Å². The van der Waals surface area contributed by atoms with Crippen molar-refractivity contribution >= 4 is 11.6 Å². The molecular formula is C10H12ClN3. The zero-order chi connectivity index (χ0) is 9.71. The fraction of sp³-hybridized carbons (Fsp3) is 0.500. The van der Waals surface area contributed by atoms with Crippen LogP contribution in [0.1, 0.15) is 11.7 Å². The molecule has 0 radical (unpaired) electrons. The number of pyridine rings is 1. The number of aromatic nitrogens is 1. The van der Waals surface area contributed by atoms with Crippen molar-refractivity contribution in [3.63, 3.8) is 0 Å². The topological polar surface area (TPSA) is 50.9 Å². The lowest BCUT2D eigenvalue weighted by molar-refractivity contribution is 0.525. The first-order valence-electron chi connectivity index (χ1n) is 4.88. The van der Waals surface area contributed by atoms with Gasteiger partial charge in [-0.2, -0.15) is 0 Å². The molecule has 1 aliphatic carbocycles. The van der Waals surface area contributed by atoms with Crippen molar-refractivity contribution in [2.24, 2.45) is 17.6 Å². The van der Waals surface area contributed by atoms with Gasteiger partial charge in [-0.1, -0.05) is 11.6 Å². The number of nitrogens with zero attached hydrogens (tertiary/aromatic N) is 1. The third-order valence-corrected chi connectivity index (χ3v) is 3.55. The maximum absolute atomic E-state index is 5.94. The number of nitrogens with two attached hydrogens (primary N) is 1. The van der Waals surface area contributed by atoms with Gasteiger partial charge in [-0.3, -0.25) is 4.98 Å². The lowest BCUT2D eigenvalue weighted by Gasteiger charge is -2.13. The minimum Gasteiger partial charge on any atom is -0.327 e. The SMILES string of the molecule is NC1C2CNC(c3cc(Cl)ccn3)C12. The fourth-order valence-corrected chi connectivity index (χ4v) is 2.63. The number of fused-ring (bicyclic) bond motifs is 1. The summed E-state index contributed by atoms with van der Waals surface area (Å²) in [6, 6.07) is 4.40. The van der Waals surface area contributed by atoms with Gasteiger partial charge in [-0.25, -0.2) is 0 Å². The Morgan fingerprint density at radius 3 is 3.07 bits per heavy atom. The maximum Gasteiger partial charge on any atom is 0.0591 e. The summed E-state index contributed by atoms with van der Waals surface area (Å²) in [5, 5.41) is 4.17. The van der Waals surface area contributed by atoms with Crippen molar-refractivity contribution in [2.45, 2.75) is 12.1 Å². The molecule has 2 aliphatic rings. The Bertz CT molecular complexity index is 368. The van der Waals surface area contributed by atoms with Crippen molar-refractivity contribution in [3.8, 4) is 0 Å². The normalized spacial score (nSPS) is 39.6. The van der Waals surface area contributed by atoms with Crippen LogP contribution in [-0.2, 0) is 0 Å². The molecule has 2 heterocycles. The van der Waals surface area contributed by atoms with Crippen LogP contribution in [0.2, 0.25) is 5.02 Å². The summed E-state index contributed by atoms with van der Waals surface area (Å²) in [7, 11) is 0. The van der Waals surface area contributed by atoms with Gasteiger partial charge < -0.3 is 11.1 Å². The smallest absolute Gasteiger partial charge is 0.0591 e. The van der Waals surface area contributed by atoms with Gasteiger partial charge in [0, 0.05) is 29.7 Å². The van der Waals surface area contributed by atoms with Crippen LogP contribution in [0.25, 0.3) is 0 Å². The number of rotatable bonds is 1. The average molecular weight is 210 g/mol. The van der Waals surface area contributed by atoms with E-state index < -0.39 is 0 Å². The molecule has 0 spiro atoms. The Hall–Kier alpha value is -0.640. The molecule has 0 aromatic carbocycles. The van der Waals surface area contributed by atoms with Gasteiger partial charge in [-0.05, 0) is 18.1 Å². The Kier molecular flexibility index (Phi) is 1.81. The highest BCUT2D eigenvalue weighted by Gasteiger charge is 2.56. The summed E-state index contributed by atoms with van der Waals surface area (Å²) in [5.41, 5.74) is 6.96. The molecule has 1 saturated carbocycles. The Morgan fingerprint density at radius 1 is 1.57 bits per heavy atom. The van der Waals surface area contributed by atoms with E-state index >= 15 is 0 Å². The first-order valence-corrected chi connectivity index (χ1v) is 5.25. The molecule has 0 bridgehead atoms. The molecule has 2 fully saturated rings. The molecule has 14 heavy (non-hydrogen) atoms. The van der Waals surface area contributed by atoms with Crippen molar-refractivity contribution in [3.05, 3.63) is 29.0 Å². The first-order chi connectivity index (χ1) is 6.77. The molecule has 1 aromatic rings. The molecule has 1 aliphatic heterocycles. The Labute approximate surface area is 87.7 Å². The van der Waals surface area contributed by atoms with Crippen LogP contribution >= 0.6 is 11.6 Å². The molecule has 0 amide bonds. The van der Waals surface area contributed by atoms with E-state index in [0.717, 1.165) is 17.3 Å². The van der Waals surface area contributed by atoms with Crippen LogP contribution in [0, 0.1) is 11.8 Å². The largest absolute Gasteiger partial charge is 0.327 e. The quantitative estimate of drug-likeness (QED) is 0.724. The van der Waals surface area contributed by atoms with E-state index in [2.05, 4.69) is 10.3 Å². The van der Waals surface area contributed by atoms with Gasteiger partial charge in [0.15, 0.2) is 0 Å². The molecule has 3 N–H and O–H groups in total.